The number of halogens is 1. The highest BCUT2D eigenvalue weighted by Crippen LogP contribution is 2.70. The molecule has 0 N–H and O–H groups in total. The minimum Gasteiger partial charge on any atom is -0.374 e. The van der Waals surface area contributed by atoms with Crippen molar-refractivity contribution in [3.8, 4) is 0 Å². The molecule has 7 rings (SSSR count). The third kappa shape index (κ3) is 5.84. The van der Waals surface area contributed by atoms with Gasteiger partial charge < -0.3 is 19.3 Å². The van der Waals surface area contributed by atoms with Gasteiger partial charge in [-0.25, -0.2) is 4.39 Å². The molecule has 0 spiro atoms. The summed E-state index contributed by atoms with van der Waals surface area (Å²) < 4.78 is 26.8. The zero-order chi connectivity index (χ0) is 30.6. The molecule has 246 valence electrons. The highest BCUT2D eigenvalue weighted by Gasteiger charge is 2.65. The van der Waals surface area contributed by atoms with Crippen molar-refractivity contribution >= 4 is 0 Å². The number of nitrogens with zero attached hydrogens (tertiary/aromatic N) is 2. The van der Waals surface area contributed by atoms with E-state index < -0.39 is 0 Å². The van der Waals surface area contributed by atoms with E-state index in [1.807, 2.05) is 12.1 Å². The molecular weight excluding hydrogens is 547 g/mol. The molecule has 0 aromatic heterocycles. The van der Waals surface area contributed by atoms with Crippen molar-refractivity contribution in [3.05, 3.63) is 35.6 Å². The van der Waals surface area contributed by atoms with Crippen LogP contribution in [-0.4, -0.2) is 67.9 Å². The molecule has 2 aliphatic heterocycles. The van der Waals surface area contributed by atoms with Gasteiger partial charge in [0.15, 0.2) is 0 Å². The van der Waals surface area contributed by atoms with Gasteiger partial charge in [0.2, 0.25) is 0 Å². The van der Waals surface area contributed by atoms with Gasteiger partial charge in [-0.05, 0) is 141 Å². The van der Waals surface area contributed by atoms with E-state index in [0.717, 1.165) is 41.1 Å². The molecule has 6 aliphatic rings. The maximum Gasteiger partial charge on any atom is 0.123 e. The van der Waals surface area contributed by atoms with Crippen LogP contribution in [-0.2, 0) is 16.1 Å². The average molecular weight is 609 g/mol. The molecule has 0 bridgehead atoms. The van der Waals surface area contributed by atoms with Gasteiger partial charge in [0.25, 0.3) is 0 Å². The Balaban J connectivity index is 0.932. The molecular formula is C39H61FN2O2. The van der Waals surface area contributed by atoms with Crippen molar-refractivity contribution in [1.29, 1.82) is 0 Å². The van der Waals surface area contributed by atoms with Gasteiger partial charge in [-0.15, -0.1) is 0 Å². The number of benzene rings is 1. The number of ether oxygens (including phenoxy) is 2. The Morgan fingerprint density at radius 1 is 0.955 bits per heavy atom. The van der Waals surface area contributed by atoms with Crippen molar-refractivity contribution < 1.29 is 13.9 Å². The van der Waals surface area contributed by atoms with E-state index in [4.69, 9.17) is 9.47 Å². The highest BCUT2D eigenvalue weighted by molar-refractivity contribution is 5.16. The fraction of sp³-hybridized carbons (Fsp3) is 0.846. The van der Waals surface area contributed by atoms with E-state index in [1.54, 1.807) is 12.1 Å². The van der Waals surface area contributed by atoms with Crippen molar-refractivity contribution in [2.24, 2.45) is 52.3 Å². The molecule has 4 aliphatic carbocycles. The predicted octanol–water partition coefficient (Wildman–Crippen LogP) is 8.05. The molecule has 12 atom stereocenters. The zero-order valence-corrected chi connectivity index (χ0v) is 28.5. The first-order chi connectivity index (χ1) is 21.1. The Labute approximate surface area is 267 Å². The van der Waals surface area contributed by atoms with Crippen LogP contribution in [0.3, 0.4) is 0 Å². The molecule has 1 aromatic carbocycles. The van der Waals surface area contributed by atoms with Crippen LogP contribution in [0.15, 0.2) is 24.3 Å². The molecule has 0 radical (unpaired) electrons. The summed E-state index contributed by atoms with van der Waals surface area (Å²) in [7, 11) is 2.25. The highest BCUT2D eigenvalue weighted by atomic mass is 19.1. The second-order valence-electron chi connectivity index (χ2n) is 17.2. The lowest BCUT2D eigenvalue weighted by Gasteiger charge is -2.61. The molecule has 4 saturated carbocycles. The molecule has 0 unspecified atom stereocenters. The molecule has 44 heavy (non-hydrogen) atoms. The van der Waals surface area contributed by atoms with E-state index in [0.29, 0.717) is 41.7 Å². The third-order valence-electron chi connectivity index (χ3n) is 14.7. The van der Waals surface area contributed by atoms with Crippen LogP contribution in [0.5, 0.6) is 0 Å². The SMILES string of the molecule is C[C@@H](CC[C@H]1O[C@H]2C[C@H]3[C@@H]4CC[C@@H]5C[C@@H](OCc6ccc(F)cc6)CC[C@]5(C)[C@H]4CC[C@]3(C)[C@H]2[C@@H]1C)CN1CCN(C)CC1. The summed E-state index contributed by atoms with van der Waals surface area (Å²) in [5.74, 6) is 5.43. The lowest BCUT2D eigenvalue weighted by molar-refractivity contribution is -0.139. The largest absolute Gasteiger partial charge is 0.374 e. The number of fused-ring (bicyclic) bond motifs is 7. The molecule has 5 heteroatoms. The topological polar surface area (TPSA) is 24.9 Å². The van der Waals surface area contributed by atoms with E-state index in [1.165, 1.54) is 96.9 Å². The predicted molar refractivity (Wildman–Crippen MR) is 176 cm³/mol. The Hall–Kier alpha value is -1.01. The summed E-state index contributed by atoms with van der Waals surface area (Å²) in [5.41, 5.74) is 2.01. The third-order valence-corrected chi connectivity index (χ3v) is 14.7. The number of rotatable bonds is 8. The van der Waals surface area contributed by atoms with Gasteiger partial charge >= 0.3 is 0 Å². The normalized spacial score (nSPS) is 44.9. The van der Waals surface area contributed by atoms with E-state index in [9.17, 15) is 4.39 Å². The monoisotopic (exact) mass is 608 g/mol. The first-order valence-electron chi connectivity index (χ1n) is 18.6. The number of hydrogen-bond acceptors (Lipinski definition) is 4. The molecule has 1 aromatic rings. The van der Waals surface area contributed by atoms with Crippen molar-refractivity contribution in [2.45, 2.75) is 117 Å². The quantitative estimate of drug-likeness (QED) is 0.298. The van der Waals surface area contributed by atoms with Gasteiger partial charge in [0.1, 0.15) is 5.82 Å². The maximum atomic E-state index is 13.3. The maximum absolute atomic E-state index is 13.3. The fourth-order valence-corrected chi connectivity index (χ4v) is 12.2. The number of hydrogen-bond donors (Lipinski definition) is 0. The minimum absolute atomic E-state index is 0.170. The summed E-state index contributed by atoms with van der Waals surface area (Å²) in [6, 6.07) is 6.84. The van der Waals surface area contributed by atoms with Gasteiger partial charge in [-0.1, -0.05) is 39.8 Å². The Morgan fingerprint density at radius 2 is 1.70 bits per heavy atom. The molecule has 4 nitrogen and oxygen atoms in total. The van der Waals surface area contributed by atoms with Crippen LogP contribution in [0.1, 0.15) is 97.5 Å². The number of piperazine rings is 1. The van der Waals surface area contributed by atoms with E-state index in [2.05, 4.69) is 44.5 Å². The smallest absolute Gasteiger partial charge is 0.123 e. The van der Waals surface area contributed by atoms with Gasteiger partial charge in [-0.3, -0.25) is 0 Å². The summed E-state index contributed by atoms with van der Waals surface area (Å²) in [6.07, 6.45) is 14.5. The molecule has 2 heterocycles. The van der Waals surface area contributed by atoms with Crippen molar-refractivity contribution in [3.63, 3.8) is 0 Å². The van der Waals surface area contributed by atoms with Crippen LogP contribution < -0.4 is 0 Å². The lowest BCUT2D eigenvalue weighted by Crippen LogP contribution is -2.54. The standard InChI is InChI=1S/C39H61FN2O2/c1-26(24-42-20-18-41(5)19-21-42)6-13-35-27(2)37-36(44-35)23-34-32-12-9-29-22-31(43-25-28-7-10-30(40)11-8-28)14-16-38(29,3)33(32)15-17-39(34,37)4/h7-8,10-11,26-27,29,31-37H,6,9,12-25H2,1-5H3/t26-,27+,29+,31-,32+,33-,34-,35+,36-,37-,38-,39-/m0/s1. The molecule has 0 amide bonds. The van der Waals surface area contributed by atoms with Crippen molar-refractivity contribution in [2.75, 3.05) is 39.8 Å². The average Bonchev–Trinajstić information content (AvgIpc) is 3.49. The van der Waals surface area contributed by atoms with Gasteiger partial charge in [0.05, 0.1) is 24.9 Å². The van der Waals surface area contributed by atoms with Gasteiger partial charge in [0, 0.05) is 32.7 Å². The van der Waals surface area contributed by atoms with Crippen LogP contribution in [0.2, 0.25) is 0 Å². The first-order valence-corrected chi connectivity index (χ1v) is 18.6. The Morgan fingerprint density at radius 3 is 2.48 bits per heavy atom. The van der Waals surface area contributed by atoms with E-state index in [-0.39, 0.29) is 5.82 Å². The molecule has 2 saturated heterocycles. The number of likely N-dealkylation sites (N-methyl/N-ethyl adjacent to an activating group) is 1. The fourth-order valence-electron chi connectivity index (χ4n) is 12.2. The first kappa shape index (κ1) is 31.6. The Bertz CT molecular complexity index is 1120. The second-order valence-corrected chi connectivity index (χ2v) is 17.2. The zero-order valence-electron chi connectivity index (χ0n) is 28.5. The summed E-state index contributed by atoms with van der Waals surface area (Å²) in [6.45, 7) is 17.2. The summed E-state index contributed by atoms with van der Waals surface area (Å²) in [4.78, 5) is 5.14. The van der Waals surface area contributed by atoms with Crippen LogP contribution in [0, 0.1) is 58.1 Å². The lowest BCUT2D eigenvalue weighted by atomic mass is 9.44. The second kappa shape index (κ2) is 12.5. The van der Waals surface area contributed by atoms with Crippen LogP contribution in [0.25, 0.3) is 0 Å². The Kier molecular flexibility index (Phi) is 9.01. The van der Waals surface area contributed by atoms with Gasteiger partial charge in [-0.2, -0.15) is 0 Å². The summed E-state index contributed by atoms with van der Waals surface area (Å²) in [5, 5.41) is 0. The molecule has 6 fully saturated rings. The van der Waals surface area contributed by atoms with Crippen LogP contribution in [0.4, 0.5) is 4.39 Å². The minimum atomic E-state index is -0.170. The van der Waals surface area contributed by atoms with Crippen LogP contribution >= 0.6 is 0 Å². The van der Waals surface area contributed by atoms with E-state index >= 15 is 0 Å². The summed E-state index contributed by atoms with van der Waals surface area (Å²) >= 11 is 0. The van der Waals surface area contributed by atoms with Crippen molar-refractivity contribution in [1.82, 2.24) is 9.80 Å².